The second kappa shape index (κ2) is 6.39. The van der Waals surface area contributed by atoms with Crippen LogP contribution < -0.4 is 10.2 Å². The Morgan fingerprint density at radius 1 is 1.15 bits per heavy atom. The lowest BCUT2D eigenvalue weighted by Crippen LogP contribution is -2.50. The molecular formula is C21H26N4S. The fourth-order valence-corrected chi connectivity index (χ4v) is 5.89. The van der Waals surface area contributed by atoms with Gasteiger partial charge in [-0.3, -0.25) is 5.10 Å². The van der Waals surface area contributed by atoms with E-state index in [2.05, 4.69) is 70.0 Å². The quantitative estimate of drug-likeness (QED) is 0.698. The first-order valence-corrected chi connectivity index (χ1v) is 10.6. The zero-order chi connectivity index (χ0) is 17.7. The lowest BCUT2D eigenvalue weighted by Gasteiger charge is -2.40. The summed E-state index contributed by atoms with van der Waals surface area (Å²) in [5.41, 5.74) is 2.60. The van der Waals surface area contributed by atoms with Gasteiger partial charge in [-0.2, -0.15) is 5.10 Å². The summed E-state index contributed by atoms with van der Waals surface area (Å²) in [6, 6.07) is 13.2. The molecule has 0 aliphatic carbocycles. The number of thiophene rings is 1. The number of aromatic nitrogens is 2. The highest BCUT2D eigenvalue weighted by molar-refractivity contribution is 7.17. The Labute approximate surface area is 158 Å². The van der Waals surface area contributed by atoms with Gasteiger partial charge in [0, 0.05) is 35.1 Å². The average molecular weight is 367 g/mol. The van der Waals surface area contributed by atoms with Crippen LogP contribution in [0.2, 0.25) is 0 Å². The van der Waals surface area contributed by atoms with Crippen molar-refractivity contribution in [2.75, 3.05) is 4.90 Å². The van der Waals surface area contributed by atoms with E-state index in [4.69, 9.17) is 0 Å². The summed E-state index contributed by atoms with van der Waals surface area (Å²) >= 11 is 1.74. The number of rotatable bonds is 4. The van der Waals surface area contributed by atoms with Gasteiger partial charge in [-0.1, -0.05) is 44.2 Å². The number of aromatic amines is 1. The maximum absolute atomic E-state index is 4.64. The number of piperidine rings is 1. The number of nitrogens with one attached hydrogen (secondary N) is 2. The van der Waals surface area contributed by atoms with Crippen molar-refractivity contribution in [2.45, 2.75) is 63.7 Å². The van der Waals surface area contributed by atoms with Gasteiger partial charge in [-0.25, -0.2) is 0 Å². The molecule has 2 aliphatic rings. The highest BCUT2D eigenvalue weighted by Gasteiger charge is 2.42. The van der Waals surface area contributed by atoms with Gasteiger partial charge in [0.25, 0.3) is 0 Å². The van der Waals surface area contributed by atoms with Crippen molar-refractivity contribution >= 4 is 27.4 Å². The molecule has 4 heterocycles. The Balaban J connectivity index is 1.52. The predicted molar refractivity (Wildman–Crippen MR) is 110 cm³/mol. The Hall–Kier alpha value is -1.85. The zero-order valence-corrected chi connectivity index (χ0v) is 16.2. The smallest absolute Gasteiger partial charge is 0.148 e. The van der Waals surface area contributed by atoms with Crippen LogP contribution in [0.15, 0.2) is 35.7 Å². The molecule has 2 unspecified atom stereocenters. The molecule has 2 aliphatic heterocycles. The number of hydrogen-bond donors (Lipinski definition) is 2. The molecule has 0 radical (unpaired) electrons. The number of nitrogens with zero attached hydrogens (tertiary/aromatic N) is 2. The van der Waals surface area contributed by atoms with Crippen LogP contribution >= 0.6 is 11.3 Å². The molecule has 2 aromatic heterocycles. The lowest BCUT2D eigenvalue weighted by atomic mass is 9.96. The Morgan fingerprint density at radius 3 is 2.58 bits per heavy atom. The third-order valence-electron chi connectivity index (χ3n) is 5.92. The molecule has 2 N–H and O–H groups in total. The highest BCUT2D eigenvalue weighted by Crippen LogP contribution is 2.45. The zero-order valence-electron chi connectivity index (χ0n) is 15.4. The van der Waals surface area contributed by atoms with Gasteiger partial charge in [0.15, 0.2) is 0 Å². The van der Waals surface area contributed by atoms with E-state index >= 15 is 0 Å². The fraction of sp³-hybridized carbons (Fsp3) is 0.476. The molecule has 1 aromatic carbocycles. The van der Waals surface area contributed by atoms with Crippen LogP contribution in [0.5, 0.6) is 0 Å². The first-order chi connectivity index (χ1) is 12.7. The first kappa shape index (κ1) is 16.3. The molecule has 5 rings (SSSR count). The summed E-state index contributed by atoms with van der Waals surface area (Å²) in [5, 5.41) is 15.4. The lowest BCUT2D eigenvalue weighted by molar-refractivity contribution is 0.336. The molecule has 5 heteroatoms. The van der Waals surface area contributed by atoms with Crippen LogP contribution in [0.25, 0.3) is 21.3 Å². The third-order valence-corrected chi connectivity index (χ3v) is 6.79. The van der Waals surface area contributed by atoms with Crippen LogP contribution in [-0.2, 0) is 0 Å². The minimum Gasteiger partial charge on any atom is -0.350 e. The molecule has 2 bridgehead atoms. The first-order valence-electron chi connectivity index (χ1n) is 9.76. The van der Waals surface area contributed by atoms with Crippen LogP contribution in [0.4, 0.5) is 5.82 Å². The predicted octanol–water partition coefficient (Wildman–Crippen LogP) is 4.79. The van der Waals surface area contributed by atoms with Crippen molar-refractivity contribution in [1.29, 1.82) is 0 Å². The molecule has 3 aromatic rings. The molecule has 4 nitrogen and oxygen atoms in total. The van der Waals surface area contributed by atoms with Gasteiger partial charge in [-0.05, 0) is 31.2 Å². The molecule has 0 spiro atoms. The van der Waals surface area contributed by atoms with Crippen LogP contribution in [0.3, 0.4) is 0 Å². The maximum atomic E-state index is 4.64. The summed E-state index contributed by atoms with van der Waals surface area (Å²) in [7, 11) is 0. The summed E-state index contributed by atoms with van der Waals surface area (Å²) in [6.07, 6.45) is 5.07. The molecule has 136 valence electrons. The minimum atomic E-state index is 0.561. The molecule has 0 amide bonds. The van der Waals surface area contributed by atoms with Crippen molar-refractivity contribution in [3.63, 3.8) is 0 Å². The maximum Gasteiger partial charge on any atom is 0.148 e. The van der Waals surface area contributed by atoms with Gasteiger partial charge >= 0.3 is 0 Å². The van der Waals surface area contributed by atoms with Crippen LogP contribution in [0.1, 0.15) is 39.5 Å². The largest absolute Gasteiger partial charge is 0.350 e. The second-order valence-corrected chi connectivity index (χ2v) is 8.91. The van der Waals surface area contributed by atoms with Gasteiger partial charge in [0.2, 0.25) is 0 Å². The van der Waals surface area contributed by atoms with E-state index in [0.29, 0.717) is 24.2 Å². The Morgan fingerprint density at radius 2 is 1.88 bits per heavy atom. The molecule has 26 heavy (non-hydrogen) atoms. The van der Waals surface area contributed by atoms with E-state index in [0.717, 1.165) is 4.83 Å². The van der Waals surface area contributed by atoms with Gasteiger partial charge in [-0.15, -0.1) is 11.3 Å². The summed E-state index contributed by atoms with van der Waals surface area (Å²) in [6.45, 7) is 4.51. The van der Waals surface area contributed by atoms with Crippen molar-refractivity contribution in [3.05, 3.63) is 35.7 Å². The summed E-state index contributed by atoms with van der Waals surface area (Å²) in [5.74, 6) is 1.25. The second-order valence-electron chi connectivity index (χ2n) is 8.05. The van der Waals surface area contributed by atoms with Crippen molar-refractivity contribution in [3.8, 4) is 11.1 Å². The molecule has 2 fully saturated rings. The van der Waals surface area contributed by atoms with E-state index in [1.807, 2.05) is 0 Å². The monoisotopic (exact) mass is 366 g/mol. The number of fused-ring (bicyclic) bond motifs is 3. The number of benzene rings is 1. The van der Waals surface area contributed by atoms with E-state index in [1.165, 1.54) is 48.0 Å². The van der Waals surface area contributed by atoms with E-state index in [9.17, 15) is 0 Å². The molecule has 0 saturated carbocycles. The van der Waals surface area contributed by atoms with E-state index < -0.39 is 0 Å². The van der Waals surface area contributed by atoms with Gasteiger partial charge in [0.1, 0.15) is 10.6 Å². The number of hydrogen-bond acceptors (Lipinski definition) is 4. The molecule has 2 atom stereocenters. The Kier molecular flexibility index (Phi) is 4.02. The summed E-state index contributed by atoms with van der Waals surface area (Å²) in [4.78, 5) is 3.79. The topological polar surface area (TPSA) is 44.0 Å². The number of anilines is 1. The van der Waals surface area contributed by atoms with Gasteiger partial charge < -0.3 is 10.2 Å². The van der Waals surface area contributed by atoms with Crippen LogP contribution in [0, 0.1) is 0 Å². The molecule has 2 saturated heterocycles. The minimum absolute atomic E-state index is 0.561. The molecular weight excluding hydrogens is 340 g/mol. The van der Waals surface area contributed by atoms with Crippen molar-refractivity contribution in [1.82, 2.24) is 15.5 Å². The van der Waals surface area contributed by atoms with Crippen LogP contribution in [-0.4, -0.2) is 34.4 Å². The van der Waals surface area contributed by atoms with E-state index in [-0.39, 0.29) is 0 Å². The van der Waals surface area contributed by atoms with E-state index in [1.54, 1.807) is 11.3 Å². The Bertz CT molecular complexity index is 883. The highest BCUT2D eigenvalue weighted by atomic mass is 32.1. The SMILES string of the molecule is CC(C)NC1CC2CCC(C1)N2c1[nH]nc2scc(-c3ccccc3)c12. The average Bonchev–Trinajstić information content (AvgIpc) is 3.28. The van der Waals surface area contributed by atoms with Crippen molar-refractivity contribution < 1.29 is 0 Å². The normalized spacial score (nSPS) is 25.5. The number of H-pyrrole nitrogens is 1. The standard InChI is InChI=1S/C21H26N4S/c1-13(2)22-15-10-16-8-9-17(11-15)25(16)20-19-18(12-26-21(19)24-23-20)14-6-4-3-5-7-14/h3-7,12-13,15-17,22H,8-11H2,1-2H3,(H,23,24). The third kappa shape index (κ3) is 2.65. The summed E-state index contributed by atoms with van der Waals surface area (Å²) < 4.78 is 0. The van der Waals surface area contributed by atoms with Crippen molar-refractivity contribution in [2.24, 2.45) is 0 Å². The van der Waals surface area contributed by atoms with Gasteiger partial charge in [0.05, 0.1) is 5.39 Å². The fourth-order valence-electron chi connectivity index (χ4n) is 4.99.